The molecule has 0 saturated heterocycles. The zero-order chi connectivity index (χ0) is 27.3. The maximum absolute atomic E-state index is 13.2. The fourth-order valence-electron chi connectivity index (χ4n) is 6.82. The third-order valence-electron chi connectivity index (χ3n) is 8.81. The molecule has 1 aliphatic carbocycles. The Morgan fingerprint density at radius 1 is 0.850 bits per heavy atom. The Bertz CT molecular complexity index is 1610. The van der Waals surface area contributed by atoms with E-state index in [4.69, 9.17) is 9.47 Å². The monoisotopic (exact) mass is 530 g/mol. The first-order valence-electron chi connectivity index (χ1n) is 14.5. The number of ether oxygens (including phenoxy) is 2. The van der Waals surface area contributed by atoms with Crippen LogP contribution in [-0.2, 0) is 10.3 Å². The van der Waals surface area contributed by atoms with Crippen LogP contribution in [0.15, 0.2) is 84.9 Å². The summed E-state index contributed by atoms with van der Waals surface area (Å²) in [6.07, 6.45) is 6.50. The van der Waals surface area contributed by atoms with Gasteiger partial charge in [0.1, 0.15) is 11.5 Å². The quantitative estimate of drug-likeness (QED) is 0.262. The molecule has 7 rings (SSSR count). The highest BCUT2D eigenvalue weighted by Gasteiger charge is 2.53. The van der Waals surface area contributed by atoms with Crippen molar-refractivity contribution < 1.29 is 14.3 Å². The van der Waals surface area contributed by atoms with Gasteiger partial charge in [0.2, 0.25) is 0 Å². The number of rotatable bonds is 5. The number of fused-ring (bicyclic) bond motifs is 6. The molecule has 0 bridgehead atoms. The van der Waals surface area contributed by atoms with E-state index < -0.39 is 5.60 Å². The van der Waals surface area contributed by atoms with Gasteiger partial charge >= 0.3 is 5.97 Å². The Hall–Kier alpha value is -4.25. The van der Waals surface area contributed by atoms with Crippen LogP contribution in [0.3, 0.4) is 0 Å². The van der Waals surface area contributed by atoms with Gasteiger partial charge in [-0.25, -0.2) is 4.79 Å². The first-order valence-corrected chi connectivity index (χ1v) is 14.5. The molecule has 2 aliphatic heterocycles. The molecule has 1 atom stereocenters. The largest absolute Gasteiger partial charge is 0.456 e. The molecule has 1 N–H and O–H groups in total. The van der Waals surface area contributed by atoms with E-state index in [2.05, 4.69) is 48.3 Å². The second-order valence-electron chi connectivity index (χ2n) is 11.1. The summed E-state index contributed by atoms with van der Waals surface area (Å²) >= 11 is 0. The van der Waals surface area contributed by atoms with Gasteiger partial charge in [-0.1, -0.05) is 61.7 Å². The number of nitrogens with zero attached hydrogens (tertiary/aromatic N) is 1. The molecule has 1 fully saturated rings. The third kappa shape index (κ3) is 3.87. The lowest BCUT2D eigenvalue weighted by Crippen LogP contribution is -2.36. The van der Waals surface area contributed by atoms with E-state index in [0.717, 1.165) is 34.6 Å². The van der Waals surface area contributed by atoms with Crippen LogP contribution in [0, 0.1) is 6.92 Å². The summed E-state index contributed by atoms with van der Waals surface area (Å²) in [7, 11) is 0. The van der Waals surface area contributed by atoms with Gasteiger partial charge in [0.05, 0.1) is 5.56 Å². The number of carbonyl (C=O) groups is 1. The number of nitrogens with one attached hydrogen (secondary N) is 1. The molecule has 1 unspecified atom stereocenters. The van der Waals surface area contributed by atoms with Crippen molar-refractivity contribution in [2.75, 3.05) is 16.8 Å². The van der Waals surface area contributed by atoms with Crippen molar-refractivity contribution >= 4 is 23.0 Å². The maximum atomic E-state index is 13.2. The molecule has 2 heterocycles. The lowest BCUT2D eigenvalue weighted by Gasteiger charge is -2.37. The molecular formula is C35H34N2O3. The predicted molar refractivity (Wildman–Crippen MR) is 159 cm³/mol. The van der Waals surface area contributed by atoms with E-state index in [-0.39, 0.29) is 5.97 Å². The summed E-state index contributed by atoms with van der Waals surface area (Å²) in [6, 6.07) is 28.9. The Morgan fingerprint density at radius 3 is 2.42 bits per heavy atom. The summed E-state index contributed by atoms with van der Waals surface area (Å²) < 4.78 is 12.7. The van der Waals surface area contributed by atoms with Crippen LogP contribution >= 0.6 is 0 Å². The van der Waals surface area contributed by atoms with Crippen molar-refractivity contribution in [1.82, 2.24) is 0 Å². The molecule has 5 nitrogen and oxygen atoms in total. The molecule has 4 aromatic carbocycles. The van der Waals surface area contributed by atoms with Gasteiger partial charge in [-0.05, 0) is 74.7 Å². The average molecular weight is 531 g/mol. The molecule has 0 amide bonds. The third-order valence-corrected chi connectivity index (χ3v) is 8.81. The minimum absolute atomic E-state index is 0.317. The number of hydrogen-bond acceptors (Lipinski definition) is 5. The molecular weight excluding hydrogens is 496 g/mol. The van der Waals surface area contributed by atoms with E-state index in [1.54, 1.807) is 0 Å². The fraction of sp³-hybridized carbons (Fsp3) is 0.286. The molecule has 1 spiro atoms. The zero-order valence-electron chi connectivity index (χ0n) is 23.1. The van der Waals surface area contributed by atoms with Crippen molar-refractivity contribution in [3.8, 4) is 11.5 Å². The second kappa shape index (κ2) is 9.74. The van der Waals surface area contributed by atoms with Gasteiger partial charge in [-0.15, -0.1) is 0 Å². The van der Waals surface area contributed by atoms with Crippen molar-refractivity contribution in [1.29, 1.82) is 0 Å². The second-order valence-corrected chi connectivity index (χ2v) is 11.1. The van der Waals surface area contributed by atoms with Crippen LogP contribution in [-0.4, -0.2) is 18.6 Å². The predicted octanol–water partition coefficient (Wildman–Crippen LogP) is 8.47. The number of anilines is 3. The Balaban J connectivity index is 1.30. The standard InChI is InChI=1S/C35H34N2O3/c1-3-37(25-11-5-4-6-12-25)26-19-17-23(2)31(22-26)36-24-18-20-33-30(21-24)35(29-15-9-10-16-32(29)39-33)28-14-8-7-13-27(28)34(38)40-35/h7-10,13-22,25,36H,3-6,11-12H2,1-2H3. The Kier molecular flexibility index (Phi) is 6.03. The normalized spacial score (nSPS) is 19.3. The SMILES string of the molecule is CCN(c1ccc(C)c(Nc2ccc3c(c2)C2(OC(=O)c4ccccc42)c2ccccc2O3)c1)C1CCCCC1. The van der Waals surface area contributed by atoms with Gasteiger partial charge in [0, 0.05) is 46.3 Å². The van der Waals surface area contributed by atoms with Crippen LogP contribution in [0.4, 0.5) is 17.1 Å². The van der Waals surface area contributed by atoms with Crippen molar-refractivity contribution in [2.45, 2.75) is 57.6 Å². The van der Waals surface area contributed by atoms with Gasteiger partial charge in [-0.2, -0.15) is 0 Å². The molecule has 40 heavy (non-hydrogen) atoms. The van der Waals surface area contributed by atoms with Crippen LogP contribution in [0.2, 0.25) is 0 Å². The van der Waals surface area contributed by atoms with Crippen molar-refractivity contribution in [3.63, 3.8) is 0 Å². The molecule has 1 saturated carbocycles. The highest BCUT2D eigenvalue weighted by atomic mass is 16.6. The number of benzene rings is 4. The molecule has 0 aromatic heterocycles. The first kappa shape index (κ1) is 24.8. The van der Waals surface area contributed by atoms with E-state index in [0.29, 0.717) is 23.1 Å². The lowest BCUT2D eigenvalue weighted by atomic mass is 9.77. The lowest BCUT2D eigenvalue weighted by molar-refractivity contribution is 0.0224. The summed E-state index contributed by atoms with van der Waals surface area (Å²) in [5.41, 5.74) is 6.45. The molecule has 0 radical (unpaired) electrons. The van der Waals surface area contributed by atoms with Crippen LogP contribution in [0.25, 0.3) is 0 Å². The number of esters is 1. The van der Waals surface area contributed by atoms with Crippen LogP contribution in [0.5, 0.6) is 11.5 Å². The minimum atomic E-state index is -1.06. The summed E-state index contributed by atoms with van der Waals surface area (Å²) in [4.78, 5) is 15.7. The first-order chi connectivity index (χ1) is 19.6. The van der Waals surface area contributed by atoms with Crippen molar-refractivity contribution in [2.24, 2.45) is 0 Å². The smallest absolute Gasteiger partial charge is 0.340 e. The van der Waals surface area contributed by atoms with Gasteiger partial charge in [-0.3, -0.25) is 0 Å². The van der Waals surface area contributed by atoms with E-state index >= 15 is 0 Å². The van der Waals surface area contributed by atoms with Gasteiger partial charge in [0.15, 0.2) is 5.60 Å². The molecule has 202 valence electrons. The highest BCUT2D eigenvalue weighted by molar-refractivity contribution is 5.97. The minimum Gasteiger partial charge on any atom is -0.456 e. The van der Waals surface area contributed by atoms with E-state index in [9.17, 15) is 4.79 Å². The average Bonchev–Trinajstić information content (AvgIpc) is 3.29. The zero-order valence-corrected chi connectivity index (χ0v) is 23.1. The summed E-state index contributed by atoms with van der Waals surface area (Å²) in [6.45, 7) is 5.39. The highest BCUT2D eigenvalue weighted by Crippen LogP contribution is 2.56. The molecule has 4 aromatic rings. The van der Waals surface area contributed by atoms with Gasteiger partial charge < -0.3 is 19.7 Å². The maximum Gasteiger partial charge on any atom is 0.340 e. The number of hydrogen-bond donors (Lipinski definition) is 1. The number of carbonyl (C=O) groups excluding carboxylic acids is 1. The molecule has 5 heteroatoms. The number of para-hydroxylation sites is 1. The molecule has 3 aliphatic rings. The summed E-state index contributed by atoms with van der Waals surface area (Å²) in [5, 5.41) is 3.69. The Morgan fingerprint density at radius 2 is 1.60 bits per heavy atom. The Labute approximate surface area is 235 Å². The van der Waals surface area contributed by atoms with Crippen molar-refractivity contribution in [3.05, 3.63) is 113 Å². The number of aryl methyl sites for hydroxylation is 1. The van der Waals surface area contributed by atoms with Crippen LogP contribution < -0.4 is 15.0 Å². The van der Waals surface area contributed by atoms with E-state index in [1.807, 2.05) is 60.7 Å². The van der Waals surface area contributed by atoms with E-state index in [1.165, 1.54) is 43.4 Å². The van der Waals surface area contributed by atoms with Gasteiger partial charge in [0.25, 0.3) is 0 Å². The summed E-state index contributed by atoms with van der Waals surface area (Å²) in [5.74, 6) is 1.07. The van der Waals surface area contributed by atoms with Crippen LogP contribution in [0.1, 0.15) is 71.6 Å². The fourth-order valence-corrected chi connectivity index (χ4v) is 6.82. The topological polar surface area (TPSA) is 50.8 Å².